The van der Waals surface area contributed by atoms with Crippen LogP contribution in [0.3, 0.4) is 0 Å². The van der Waals surface area contributed by atoms with Crippen molar-refractivity contribution in [2.75, 3.05) is 14.2 Å². The van der Waals surface area contributed by atoms with Crippen LogP contribution in [0.4, 0.5) is 0 Å². The molecule has 0 aromatic carbocycles. The third-order valence-corrected chi connectivity index (χ3v) is 1.51. The first-order valence-electron chi connectivity index (χ1n) is 6.23. The Kier molecular flexibility index (Phi) is 25.3. The molecule has 2 nitrogen and oxygen atoms in total. The third-order valence-electron chi connectivity index (χ3n) is 1.51. The molecule has 0 spiro atoms. The predicted molar refractivity (Wildman–Crippen MR) is 81.6 cm³/mol. The number of terminal acetylenes is 1. The Morgan fingerprint density at radius 3 is 2.11 bits per heavy atom. The zero-order valence-corrected chi connectivity index (χ0v) is 12.7. The van der Waals surface area contributed by atoms with Gasteiger partial charge in [-0.25, -0.2) is 0 Å². The summed E-state index contributed by atoms with van der Waals surface area (Å²) in [5, 5.41) is 0. The SMILES string of the molecule is C#C.C/C=C\c1ccc(CCC)o1.CC.COC. The van der Waals surface area contributed by atoms with Crippen molar-refractivity contribution in [3.05, 3.63) is 29.7 Å². The average molecular weight is 252 g/mol. The van der Waals surface area contributed by atoms with Crippen LogP contribution in [0, 0.1) is 12.8 Å². The van der Waals surface area contributed by atoms with Crippen LogP contribution < -0.4 is 0 Å². The summed E-state index contributed by atoms with van der Waals surface area (Å²) >= 11 is 0. The lowest BCUT2D eigenvalue weighted by molar-refractivity contribution is 0.277. The van der Waals surface area contributed by atoms with E-state index in [-0.39, 0.29) is 0 Å². The van der Waals surface area contributed by atoms with Crippen LogP contribution in [0.5, 0.6) is 0 Å². The second-order valence-corrected chi connectivity index (χ2v) is 2.96. The van der Waals surface area contributed by atoms with Crippen LogP contribution in [-0.2, 0) is 11.2 Å². The number of hydrogen-bond donors (Lipinski definition) is 0. The van der Waals surface area contributed by atoms with Gasteiger partial charge in [-0.15, -0.1) is 12.8 Å². The van der Waals surface area contributed by atoms with Crippen molar-refractivity contribution in [2.24, 2.45) is 0 Å². The van der Waals surface area contributed by atoms with Crippen LogP contribution in [0.15, 0.2) is 22.6 Å². The maximum atomic E-state index is 5.48. The largest absolute Gasteiger partial charge is 0.462 e. The average Bonchev–Trinajstić information content (AvgIpc) is 2.84. The molecule has 0 N–H and O–H groups in total. The van der Waals surface area contributed by atoms with Gasteiger partial charge in [0.1, 0.15) is 11.5 Å². The second kappa shape index (κ2) is 20.9. The van der Waals surface area contributed by atoms with Crippen molar-refractivity contribution in [2.45, 2.75) is 40.5 Å². The number of methoxy groups -OCH3 is 1. The molecule has 1 aromatic heterocycles. The van der Waals surface area contributed by atoms with Crippen LogP contribution in [0.25, 0.3) is 6.08 Å². The molecule has 0 atom stereocenters. The van der Waals surface area contributed by atoms with E-state index < -0.39 is 0 Å². The highest BCUT2D eigenvalue weighted by Gasteiger charge is 1.96. The lowest BCUT2D eigenvalue weighted by Gasteiger charge is -1.88. The van der Waals surface area contributed by atoms with Crippen molar-refractivity contribution in [1.29, 1.82) is 0 Å². The van der Waals surface area contributed by atoms with E-state index in [0.29, 0.717) is 0 Å². The fourth-order valence-electron chi connectivity index (χ4n) is 1.03. The van der Waals surface area contributed by atoms with Crippen molar-refractivity contribution in [3.63, 3.8) is 0 Å². The van der Waals surface area contributed by atoms with Gasteiger partial charge >= 0.3 is 0 Å². The molecule has 0 unspecified atom stereocenters. The summed E-state index contributed by atoms with van der Waals surface area (Å²) in [6.45, 7) is 8.14. The summed E-state index contributed by atoms with van der Waals surface area (Å²) in [7, 11) is 3.25. The van der Waals surface area contributed by atoms with E-state index in [1.165, 1.54) is 0 Å². The molecule has 0 aliphatic rings. The molecule has 0 saturated heterocycles. The molecule has 0 amide bonds. The van der Waals surface area contributed by atoms with E-state index in [0.717, 1.165) is 24.4 Å². The number of ether oxygens (including phenoxy) is 1. The van der Waals surface area contributed by atoms with E-state index in [1.54, 1.807) is 14.2 Å². The number of allylic oxidation sites excluding steroid dienone is 1. The van der Waals surface area contributed by atoms with Gasteiger partial charge in [0.25, 0.3) is 0 Å². The zero-order chi connectivity index (χ0) is 14.8. The highest BCUT2D eigenvalue weighted by atomic mass is 16.4. The predicted octanol–water partition coefficient (Wildman–Crippen LogP) is 4.80. The van der Waals surface area contributed by atoms with Gasteiger partial charge in [-0.3, -0.25) is 0 Å². The summed E-state index contributed by atoms with van der Waals surface area (Å²) in [6, 6.07) is 4.05. The van der Waals surface area contributed by atoms with Crippen molar-refractivity contribution < 1.29 is 9.15 Å². The Morgan fingerprint density at radius 1 is 1.22 bits per heavy atom. The minimum atomic E-state index is 0.955. The smallest absolute Gasteiger partial charge is 0.126 e. The highest BCUT2D eigenvalue weighted by molar-refractivity contribution is 5.42. The van der Waals surface area contributed by atoms with Crippen LogP contribution in [-0.4, -0.2) is 14.2 Å². The number of hydrogen-bond acceptors (Lipinski definition) is 2. The minimum Gasteiger partial charge on any atom is -0.462 e. The molecule has 0 saturated carbocycles. The summed E-state index contributed by atoms with van der Waals surface area (Å²) < 4.78 is 9.73. The van der Waals surface area contributed by atoms with Crippen LogP contribution >= 0.6 is 0 Å². The fraction of sp³-hybridized carbons (Fsp3) is 0.500. The Bertz CT molecular complexity index is 282. The van der Waals surface area contributed by atoms with E-state index in [9.17, 15) is 0 Å². The lowest BCUT2D eigenvalue weighted by atomic mass is 10.3. The molecule has 104 valence electrons. The number of furan rings is 1. The summed E-state index contributed by atoms with van der Waals surface area (Å²) in [5.41, 5.74) is 0. The first-order chi connectivity index (χ1) is 8.78. The molecular formula is C16H28O2. The van der Waals surface area contributed by atoms with E-state index in [1.807, 2.05) is 45.1 Å². The zero-order valence-electron chi connectivity index (χ0n) is 12.7. The molecule has 1 rings (SSSR count). The second-order valence-electron chi connectivity index (χ2n) is 2.96. The standard InChI is InChI=1S/C10H14O.C2H6O.C2H6.C2H2/c1-3-5-9-7-8-10(11-9)6-4-2;1-3-2;2*1-2/h3,5,7-8H,4,6H2,1-2H3;1-2H3;1-2H3;1-2H/b5-3-;;;. The molecular weight excluding hydrogens is 224 g/mol. The van der Waals surface area contributed by atoms with Gasteiger partial charge in [-0.05, 0) is 31.6 Å². The maximum absolute atomic E-state index is 5.48. The van der Waals surface area contributed by atoms with E-state index >= 15 is 0 Å². The molecule has 18 heavy (non-hydrogen) atoms. The highest BCUT2D eigenvalue weighted by Crippen LogP contribution is 2.10. The molecule has 0 fully saturated rings. The van der Waals surface area contributed by atoms with Gasteiger partial charge < -0.3 is 9.15 Å². The van der Waals surface area contributed by atoms with E-state index in [4.69, 9.17) is 4.42 Å². The van der Waals surface area contributed by atoms with E-state index in [2.05, 4.69) is 24.5 Å². The molecule has 2 heteroatoms. The fourth-order valence-corrected chi connectivity index (χ4v) is 1.03. The van der Waals surface area contributed by atoms with Crippen LogP contribution in [0.2, 0.25) is 0 Å². The van der Waals surface area contributed by atoms with Crippen molar-refractivity contribution in [3.8, 4) is 12.8 Å². The minimum absolute atomic E-state index is 0.955. The van der Waals surface area contributed by atoms with Gasteiger partial charge in [0, 0.05) is 20.6 Å². The molecule has 0 aliphatic carbocycles. The first-order valence-corrected chi connectivity index (χ1v) is 6.23. The lowest BCUT2D eigenvalue weighted by Crippen LogP contribution is -1.74. The monoisotopic (exact) mass is 252 g/mol. The van der Waals surface area contributed by atoms with Crippen molar-refractivity contribution in [1.82, 2.24) is 0 Å². The maximum Gasteiger partial charge on any atom is 0.126 e. The van der Waals surface area contributed by atoms with Gasteiger partial charge in [0.2, 0.25) is 0 Å². The van der Waals surface area contributed by atoms with Crippen LogP contribution in [0.1, 0.15) is 45.6 Å². The normalized spacial score (nSPS) is 8.22. The topological polar surface area (TPSA) is 22.4 Å². The quantitative estimate of drug-likeness (QED) is 0.721. The first kappa shape index (κ1) is 21.8. The third kappa shape index (κ3) is 14.5. The number of aryl methyl sites for hydroxylation is 1. The van der Waals surface area contributed by atoms with Gasteiger partial charge in [0.15, 0.2) is 0 Å². The molecule has 0 radical (unpaired) electrons. The molecule has 1 heterocycles. The molecule has 0 bridgehead atoms. The summed E-state index contributed by atoms with van der Waals surface area (Å²) in [4.78, 5) is 0. The molecule has 0 aliphatic heterocycles. The van der Waals surface area contributed by atoms with Gasteiger partial charge in [-0.2, -0.15) is 0 Å². The Labute approximate surface area is 113 Å². The van der Waals surface area contributed by atoms with Gasteiger partial charge in [0.05, 0.1) is 0 Å². The Morgan fingerprint density at radius 2 is 1.72 bits per heavy atom. The van der Waals surface area contributed by atoms with Crippen molar-refractivity contribution >= 4 is 6.08 Å². The Hall–Kier alpha value is -1.46. The Balaban J connectivity index is -0.000000274. The molecule has 1 aromatic rings. The summed E-state index contributed by atoms with van der Waals surface area (Å²) in [6.07, 6.45) is 14.1. The number of rotatable bonds is 3. The summed E-state index contributed by atoms with van der Waals surface area (Å²) in [5.74, 6) is 2.04. The van der Waals surface area contributed by atoms with Gasteiger partial charge in [-0.1, -0.05) is 26.8 Å².